The van der Waals surface area contributed by atoms with E-state index in [0.717, 1.165) is 51.0 Å². The van der Waals surface area contributed by atoms with Crippen LogP contribution in [0.15, 0.2) is 0 Å². The van der Waals surface area contributed by atoms with Gasteiger partial charge in [0.1, 0.15) is 0 Å². The van der Waals surface area contributed by atoms with Crippen molar-refractivity contribution in [2.24, 2.45) is 5.41 Å². The van der Waals surface area contributed by atoms with E-state index >= 15 is 0 Å². The van der Waals surface area contributed by atoms with Crippen LogP contribution < -0.4 is 5.32 Å². The Balaban J connectivity index is 1.79. The Labute approximate surface area is 162 Å². The first kappa shape index (κ1) is 20.3. The number of amides is 1. The fourth-order valence-electron chi connectivity index (χ4n) is 4.59. The van der Waals surface area contributed by atoms with Gasteiger partial charge in [0.05, 0.1) is 17.8 Å². The van der Waals surface area contributed by atoms with Gasteiger partial charge >= 0.3 is 0 Å². The van der Waals surface area contributed by atoms with Crippen molar-refractivity contribution in [3.63, 3.8) is 0 Å². The van der Waals surface area contributed by atoms with Crippen LogP contribution in [0.2, 0.25) is 0 Å². The van der Waals surface area contributed by atoms with Crippen LogP contribution in [-0.4, -0.2) is 64.2 Å². The van der Waals surface area contributed by atoms with Gasteiger partial charge in [-0.2, -0.15) is 0 Å². The monoisotopic (exact) mass is 377 g/mol. The molecule has 7 heteroatoms. The van der Waals surface area contributed by atoms with Crippen molar-refractivity contribution in [2.45, 2.75) is 78.5 Å². The average Bonchev–Trinajstić information content (AvgIpc) is 3.05. The predicted octanol–water partition coefficient (Wildman–Crippen LogP) is 2.57. The summed E-state index contributed by atoms with van der Waals surface area (Å²) in [6, 6.07) is 0.521. The zero-order valence-electron chi connectivity index (χ0n) is 17.5. The molecule has 1 saturated heterocycles. The Morgan fingerprint density at radius 3 is 2.63 bits per heavy atom. The van der Waals surface area contributed by atoms with Crippen LogP contribution in [0.3, 0.4) is 0 Å². The summed E-state index contributed by atoms with van der Waals surface area (Å²) in [5.41, 5.74) is 1.36. The number of carbonyl (C=O) groups is 1. The minimum Gasteiger partial charge on any atom is -0.378 e. The van der Waals surface area contributed by atoms with E-state index < -0.39 is 0 Å². The molecular formula is C20H35N5O2. The van der Waals surface area contributed by atoms with Gasteiger partial charge in [-0.3, -0.25) is 4.79 Å². The van der Waals surface area contributed by atoms with E-state index in [2.05, 4.69) is 36.4 Å². The van der Waals surface area contributed by atoms with Crippen LogP contribution in [0.4, 0.5) is 0 Å². The van der Waals surface area contributed by atoms with Gasteiger partial charge in [-0.15, -0.1) is 5.10 Å². The van der Waals surface area contributed by atoms with Gasteiger partial charge in [0, 0.05) is 24.6 Å². The maximum absolute atomic E-state index is 13.4. The van der Waals surface area contributed by atoms with Crippen molar-refractivity contribution in [3.05, 3.63) is 11.4 Å². The molecule has 1 N–H and O–H groups in total. The zero-order valence-corrected chi connectivity index (χ0v) is 17.5. The van der Waals surface area contributed by atoms with Gasteiger partial charge in [0.2, 0.25) is 0 Å². The van der Waals surface area contributed by atoms with Crippen molar-refractivity contribution >= 4 is 5.91 Å². The van der Waals surface area contributed by atoms with Crippen molar-refractivity contribution in [1.82, 2.24) is 25.2 Å². The van der Waals surface area contributed by atoms with E-state index in [0.29, 0.717) is 18.3 Å². The molecule has 7 nitrogen and oxygen atoms in total. The molecule has 2 fully saturated rings. The normalized spacial score (nSPS) is 25.2. The number of piperidine rings is 1. The molecule has 0 aromatic carbocycles. The summed E-state index contributed by atoms with van der Waals surface area (Å²) in [5.74, 6) is 0.0163. The first-order valence-electron chi connectivity index (χ1n) is 10.5. The van der Waals surface area contributed by atoms with E-state index in [4.69, 9.17) is 4.74 Å². The molecule has 3 rings (SSSR count). The molecule has 1 aromatic rings. The molecule has 1 amide bonds. The van der Waals surface area contributed by atoms with Crippen LogP contribution >= 0.6 is 0 Å². The number of carbonyl (C=O) groups excluding carboxylic acids is 1. The highest BCUT2D eigenvalue weighted by atomic mass is 16.5. The van der Waals surface area contributed by atoms with Crippen LogP contribution in [0.1, 0.15) is 75.6 Å². The third-order valence-corrected chi connectivity index (χ3v) is 6.38. The van der Waals surface area contributed by atoms with Crippen molar-refractivity contribution in [1.29, 1.82) is 0 Å². The highest BCUT2D eigenvalue weighted by molar-refractivity contribution is 5.93. The SMILES string of the molecule is CCCN(C(=O)c1nnn(C2CCNCC2)c1C)C1CC(OCC)C1(C)C. The second-order valence-electron chi connectivity index (χ2n) is 8.46. The molecule has 1 aliphatic carbocycles. The van der Waals surface area contributed by atoms with Crippen LogP contribution in [0.5, 0.6) is 0 Å². The van der Waals surface area contributed by atoms with Crippen LogP contribution in [0, 0.1) is 12.3 Å². The van der Waals surface area contributed by atoms with Crippen LogP contribution in [0.25, 0.3) is 0 Å². The van der Waals surface area contributed by atoms with Crippen LogP contribution in [-0.2, 0) is 4.74 Å². The summed E-state index contributed by atoms with van der Waals surface area (Å²) < 4.78 is 7.83. The summed E-state index contributed by atoms with van der Waals surface area (Å²) in [6.07, 6.45) is 4.10. The largest absolute Gasteiger partial charge is 0.378 e. The fraction of sp³-hybridized carbons (Fsp3) is 0.850. The minimum absolute atomic E-state index is 0.0163. The van der Waals surface area contributed by atoms with E-state index in [1.807, 2.05) is 23.4 Å². The highest BCUT2D eigenvalue weighted by Crippen LogP contribution is 2.46. The lowest BCUT2D eigenvalue weighted by Gasteiger charge is -2.55. The van der Waals surface area contributed by atoms with Crippen molar-refractivity contribution in [2.75, 3.05) is 26.2 Å². The molecule has 1 aromatic heterocycles. The number of hydrogen-bond acceptors (Lipinski definition) is 5. The molecule has 0 radical (unpaired) electrons. The van der Waals surface area contributed by atoms with Gasteiger partial charge in [-0.1, -0.05) is 26.0 Å². The Morgan fingerprint density at radius 1 is 1.33 bits per heavy atom. The Bertz CT molecular complexity index is 651. The molecule has 2 unspecified atom stereocenters. The minimum atomic E-state index is -0.0419. The van der Waals surface area contributed by atoms with Gasteiger partial charge in [-0.25, -0.2) is 4.68 Å². The van der Waals surface area contributed by atoms with E-state index in [1.54, 1.807) is 0 Å². The number of rotatable bonds is 7. The molecular weight excluding hydrogens is 342 g/mol. The molecule has 1 saturated carbocycles. The third kappa shape index (κ3) is 3.76. The topological polar surface area (TPSA) is 72.3 Å². The van der Waals surface area contributed by atoms with Gasteiger partial charge in [-0.05, 0) is 52.6 Å². The lowest BCUT2D eigenvalue weighted by Crippen LogP contribution is -2.63. The molecule has 2 aliphatic rings. The molecule has 2 heterocycles. The summed E-state index contributed by atoms with van der Waals surface area (Å²) in [7, 11) is 0. The predicted molar refractivity (Wildman–Crippen MR) is 105 cm³/mol. The van der Waals surface area contributed by atoms with Gasteiger partial charge in [0.25, 0.3) is 5.91 Å². The Hall–Kier alpha value is -1.47. The number of nitrogens with zero attached hydrogens (tertiary/aromatic N) is 4. The second-order valence-corrected chi connectivity index (χ2v) is 8.46. The average molecular weight is 378 g/mol. The molecule has 0 bridgehead atoms. The standard InChI is InChI=1S/C20H35N5O2/c1-6-12-24(16-13-17(27-7-2)20(16,4)5)19(26)18-14(3)25(23-22-18)15-8-10-21-11-9-15/h15-17,21H,6-13H2,1-5H3. The highest BCUT2D eigenvalue weighted by Gasteiger charge is 2.53. The number of aromatic nitrogens is 3. The number of ether oxygens (including phenoxy) is 1. The Kier molecular flexibility index (Phi) is 6.21. The first-order valence-corrected chi connectivity index (χ1v) is 10.5. The second kappa shape index (κ2) is 8.27. The van der Waals surface area contributed by atoms with Gasteiger partial charge < -0.3 is 15.0 Å². The molecule has 1 aliphatic heterocycles. The van der Waals surface area contributed by atoms with Gasteiger partial charge in [0.15, 0.2) is 5.69 Å². The summed E-state index contributed by atoms with van der Waals surface area (Å²) >= 11 is 0. The first-order chi connectivity index (χ1) is 12.9. The summed E-state index contributed by atoms with van der Waals surface area (Å²) in [6.45, 7) is 14.0. The smallest absolute Gasteiger partial charge is 0.276 e. The molecule has 0 spiro atoms. The number of hydrogen-bond donors (Lipinski definition) is 1. The fourth-order valence-corrected chi connectivity index (χ4v) is 4.59. The maximum atomic E-state index is 13.4. The molecule has 2 atom stereocenters. The summed E-state index contributed by atoms with van der Waals surface area (Å²) in [5, 5.41) is 12.0. The lowest BCUT2D eigenvalue weighted by atomic mass is 9.63. The van der Waals surface area contributed by atoms with E-state index in [-0.39, 0.29) is 23.5 Å². The third-order valence-electron chi connectivity index (χ3n) is 6.38. The zero-order chi connectivity index (χ0) is 19.6. The maximum Gasteiger partial charge on any atom is 0.276 e. The summed E-state index contributed by atoms with van der Waals surface area (Å²) in [4.78, 5) is 15.4. The molecule has 27 heavy (non-hydrogen) atoms. The van der Waals surface area contributed by atoms with Crippen molar-refractivity contribution in [3.8, 4) is 0 Å². The quantitative estimate of drug-likeness (QED) is 0.791. The molecule has 152 valence electrons. The van der Waals surface area contributed by atoms with E-state index in [1.165, 1.54) is 0 Å². The number of nitrogens with one attached hydrogen (secondary N) is 1. The van der Waals surface area contributed by atoms with Crippen molar-refractivity contribution < 1.29 is 9.53 Å². The lowest BCUT2D eigenvalue weighted by molar-refractivity contribution is -0.140. The van der Waals surface area contributed by atoms with E-state index in [9.17, 15) is 4.79 Å². The Morgan fingerprint density at radius 2 is 2.04 bits per heavy atom.